The molecule has 0 bridgehead atoms. The average Bonchev–Trinajstić information content (AvgIpc) is 3.13. The Kier molecular flexibility index (Phi) is 3.34. The molecule has 0 saturated heterocycles. The van der Waals surface area contributed by atoms with E-state index in [4.69, 9.17) is 0 Å². The number of thiophene rings is 1. The summed E-state index contributed by atoms with van der Waals surface area (Å²) in [5, 5.41) is 4.13. The van der Waals surface area contributed by atoms with Crippen molar-refractivity contribution in [2.75, 3.05) is 4.90 Å². The summed E-state index contributed by atoms with van der Waals surface area (Å²) in [4.78, 5) is 13.3. The van der Waals surface area contributed by atoms with Gasteiger partial charge in [0.2, 0.25) is 0 Å². The van der Waals surface area contributed by atoms with Crippen molar-refractivity contribution < 1.29 is 9.18 Å². The van der Waals surface area contributed by atoms with Crippen LogP contribution in [0, 0.1) is 5.82 Å². The normalized spacial score (nSPS) is 14.4. The quantitative estimate of drug-likeness (QED) is 0.772. The van der Waals surface area contributed by atoms with Crippen molar-refractivity contribution in [3.05, 3.63) is 52.0 Å². The lowest BCUT2D eigenvalue weighted by atomic mass is 10.1. The van der Waals surface area contributed by atoms with Crippen LogP contribution in [0.1, 0.15) is 28.8 Å². The van der Waals surface area contributed by atoms with E-state index < -0.39 is 5.82 Å². The van der Waals surface area contributed by atoms with E-state index in [0.717, 1.165) is 19.4 Å². The van der Waals surface area contributed by atoms with Crippen molar-refractivity contribution in [3.63, 3.8) is 0 Å². The molecule has 2 aromatic rings. The third kappa shape index (κ3) is 2.54. The first-order chi connectivity index (χ1) is 9.29. The molecule has 0 amide bonds. The highest BCUT2D eigenvalue weighted by atomic mass is 32.1. The van der Waals surface area contributed by atoms with E-state index in [-0.39, 0.29) is 5.56 Å². The number of hydrogen-bond acceptors (Lipinski definition) is 3. The minimum atomic E-state index is -0.441. The zero-order valence-corrected chi connectivity index (χ0v) is 11.2. The maximum Gasteiger partial charge on any atom is 0.155 e. The van der Waals surface area contributed by atoms with Crippen LogP contribution in [0.4, 0.5) is 10.1 Å². The van der Waals surface area contributed by atoms with E-state index in [1.165, 1.54) is 11.6 Å². The second-order valence-electron chi connectivity index (χ2n) is 4.78. The summed E-state index contributed by atoms with van der Waals surface area (Å²) in [6.07, 6.45) is 2.84. The van der Waals surface area contributed by atoms with Crippen molar-refractivity contribution in [2.45, 2.75) is 25.4 Å². The molecule has 0 atom stereocenters. The Bertz CT molecular complexity index is 578. The highest BCUT2D eigenvalue weighted by Gasteiger charge is 2.31. The molecular formula is C15H14FNOS. The topological polar surface area (TPSA) is 20.3 Å². The molecule has 1 aromatic carbocycles. The van der Waals surface area contributed by atoms with Gasteiger partial charge in [0.1, 0.15) is 5.82 Å². The number of benzene rings is 1. The Hall–Kier alpha value is -1.68. The minimum Gasteiger partial charge on any atom is -0.364 e. The predicted molar refractivity (Wildman–Crippen MR) is 75.3 cm³/mol. The standard InChI is InChI=1S/C15H14FNOS/c16-14-2-1-3-15(13(14)9-18)17(12-4-5-12)8-11-6-7-19-10-11/h1-3,6-7,9-10,12H,4-5,8H2. The van der Waals surface area contributed by atoms with Gasteiger partial charge in [-0.25, -0.2) is 4.39 Å². The molecule has 3 rings (SSSR count). The lowest BCUT2D eigenvalue weighted by molar-refractivity contribution is 0.112. The van der Waals surface area contributed by atoms with Crippen molar-refractivity contribution in [1.29, 1.82) is 0 Å². The van der Waals surface area contributed by atoms with Gasteiger partial charge in [-0.05, 0) is 47.4 Å². The molecule has 0 unspecified atom stereocenters. The molecule has 98 valence electrons. The highest BCUT2D eigenvalue weighted by molar-refractivity contribution is 7.07. The molecule has 1 aromatic heterocycles. The van der Waals surface area contributed by atoms with Crippen molar-refractivity contribution >= 4 is 23.3 Å². The van der Waals surface area contributed by atoms with E-state index >= 15 is 0 Å². The van der Waals surface area contributed by atoms with Gasteiger partial charge >= 0.3 is 0 Å². The van der Waals surface area contributed by atoms with Crippen LogP contribution in [0.25, 0.3) is 0 Å². The van der Waals surface area contributed by atoms with Crippen LogP contribution in [0.3, 0.4) is 0 Å². The second kappa shape index (κ2) is 5.13. The van der Waals surface area contributed by atoms with Crippen molar-refractivity contribution in [1.82, 2.24) is 0 Å². The molecule has 4 heteroatoms. The minimum absolute atomic E-state index is 0.171. The van der Waals surface area contributed by atoms with Gasteiger partial charge in [0, 0.05) is 12.6 Å². The first kappa shape index (κ1) is 12.4. The first-order valence-electron chi connectivity index (χ1n) is 6.31. The van der Waals surface area contributed by atoms with Crippen LogP contribution < -0.4 is 4.90 Å². The number of halogens is 1. The molecule has 1 fully saturated rings. The summed E-state index contributed by atoms with van der Waals surface area (Å²) < 4.78 is 13.7. The van der Waals surface area contributed by atoms with Crippen LogP contribution in [0.2, 0.25) is 0 Å². The highest BCUT2D eigenvalue weighted by Crippen LogP contribution is 2.35. The number of anilines is 1. The third-order valence-electron chi connectivity index (χ3n) is 3.38. The van der Waals surface area contributed by atoms with Gasteiger partial charge in [-0.1, -0.05) is 6.07 Å². The summed E-state index contributed by atoms with van der Waals surface area (Å²) in [7, 11) is 0. The monoisotopic (exact) mass is 275 g/mol. The second-order valence-corrected chi connectivity index (χ2v) is 5.56. The maximum atomic E-state index is 13.7. The molecule has 2 nitrogen and oxygen atoms in total. The Morgan fingerprint density at radius 2 is 2.21 bits per heavy atom. The smallest absolute Gasteiger partial charge is 0.155 e. The number of carbonyl (C=O) groups is 1. The van der Waals surface area contributed by atoms with Gasteiger partial charge < -0.3 is 4.90 Å². The van der Waals surface area contributed by atoms with Crippen LogP contribution in [-0.2, 0) is 6.54 Å². The number of carbonyl (C=O) groups excluding carboxylic acids is 1. The Balaban J connectivity index is 1.96. The molecular weight excluding hydrogens is 261 g/mol. The van der Waals surface area contributed by atoms with Crippen molar-refractivity contribution in [2.24, 2.45) is 0 Å². The van der Waals surface area contributed by atoms with Crippen LogP contribution in [-0.4, -0.2) is 12.3 Å². The van der Waals surface area contributed by atoms with Gasteiger partial charge in [-0.3, -0.25) is 4.79 Å². The third-order valence-corrected chi connectivity index (χ3v) is 4.11. The maximum absolute atomic E-state index is 13.7. The lowest BCUT2D eigenvalue weighted by Gasteiger charge is -2.25. The van der Waals surface area contributed by atoms with E-state index in [2.05, 4.69) is 16.3 Å². The van der Waals surface area contributed by atoms with E-state index in [1.54, 1.807) is 17.4 Å². The number of rotatable bonds is 5. The van der Waals surface area contributed by atoms with E-state index in [0.29, 0.717) is 18.0 Å². The van der Waals surface area contributed by atoms with Gasteiger partial charge in [0.15, 0.2) is 6.29 Å². The molecule has 1 heterocycles. The van der Waals surface area contributed by atoms with E-state index in [9.17, 15) is 9.18 Å². The van der Waals surface area contributed by atoms with Crippen LogP contribution in [0.5, 0.6) is 0 Å². The fourth-order valence-electron chi connectivity index (χ4n) is 2.27. The fourth-order valence-corrected chi connectivity index (χ4v) is 2.93. The fraction of sp³-hybridized carbons (Fsp3) is 0.267. The Morgan fingerprint density at radius 1 is 1.37 bits per heavy atom. The molecule has 0 radical (unpaired) electrons. The number of aldehydes is 1. The zero-order chi connectivity index (χ0) is 13.2. The lowest BCUT2D eigenvalue weighted by Crippen LogP contribution is -2.26. The Labute approximate surface area is 115 Å². The first-order valence-corrected chi connectivity index (χ1v) is 7.25. The van der Waals surface area contributed by atoms with Gasteiger partial charge in [-0.15, -0.1) is 0 Å². The predicted octanol–water partition coefficient (Wildman–Crippen LogP) is 3.87. The van der Waals surface area contributed by atoms with Gasteiger partial charge in [-0.2, -0.15) is 11.3 Å². The van der Waals surface area contributed by atoms with Gasteiger partial charge in [0.25, 0.3) is 0 Å². The molecule has 0 N–H and O–H groups in total. The molecule has 1 aliphatic rings. The molecule has 1 saturated carbocycles. The Morgan fingerprint density at radius 3 is 2.84 bits per heavy atom. The summed E-state index contributed by atoms with van der Waals surface area (Å²) in [6, 6.07) is 7.33. The zero-order valence-electron chi connectivity index (χ0n) is 10.4. The summed E-state index contributed by atoms with van der Waals surface area (Å²) >= 11 is 1.65. The molecule has 19 heavy (non-hydrogen) atoms. The SMILES string of the molecule is O=Cc1c(F)cccc1N(Cc1ccsc1)C1CC1. The van der Waals surface area contributed by atoms with Crippen LogP contribution in [0.15, 0.2) is 35.0 Å². The summed E-state index contributed by atoms with van der Waals surface area (Å²) in [5.41, 5.74) is 2.09. The molecule has 0 aliphatic heterocycles. The summed E-state index contributed by atoms with van der Waals surface area (Å²) in [6.45, 7) is 0.735. The number of nitrogens with zero attached hydrogens (tertiary/aromatic N) is 1. The van der Waals surface area contributed by atoms with Crippen LogP contribution >= 0.6 is 11.3 Å². The molecule has 0 spiro atoms. The summed E-state index contributed by atoms with van der Waals surface area (Å²) in [5.74, 6) is -0.441. The number of hydrogen-bond donors (Lipinski definition) is 0. The van der Waals surface area contributed by atoms with E-state index in [1.807, 2.05) is 11.4 Å². The largest absolute Gasteiger partial charge is 0.364 e. The molecule has 1 aliphatic carbocycles. The van der Waals surface area contributed by atoms with Crippen molar-refractivity contribution in [3.8, 4) is 0 Å². The average molecular weight is 275 g/mol. The van der Waals surface area contributed by atoms with Gasteiger partial charge in [0.05, 0.1) is 11.3 Å².